The lowest BCUT2D eigenvalue weighted by Crippen LogP contribution is -2.09. The highest BCUT2D eigenvalue weighted by Gasteiger charge is 2.13. The first-order valence-electron chi connectivity index (χ1n) is 11.2. The Hall–Kier alpha value is -3.57. The van der Waals surface area contributed by atoms with Gasteiger partial charge < -0.3 is 19.8 Å². The van der Waals surface area contributed by atoms with E-state index in [-0.39, 0.29) is 12.4 Å². The van der Waals surface area contributed by atoms with E-state index in [0.717, 1.165) is 38.9 Å². The lowest BCUT2D eigenvalue weighted by molar-refractivity contribution is -0.142. The maximum atomic E-state index is 12.0. The van der Waals surface area contributed by atoms with Gasteiger partial charge in [-0.25, -0.2) is 0 Å². The van der Waals surface area contributed by atoms with Crippen molar-refractivity contribution in [2.45, 2.75) is 33.4 Å². The van der Waals surface area contributed by atoms with E-state index in [9.17, 15) is 4.79 Å². The van der Waals surface area contributed by atoms with Crippen molar-refractivity contribution in [1.82, 2.24) is 4.57 Å². The zero-order chi connectivity index (χ0) is 23.4. The third-order valence-corrected chi connectivity index (χ3v) is 5.79. The van der Waals surface area contributed by atoms with Crippen molar-refractivity contribution in [3.05, 3.63) is 89.1 Å². The van der Waals surface area contributed by atoms with Crippen molar-refractivity contribution >= 4 is 16.9 Å². The van der Waals surface area contributed by atoms with Gasteiger partial charge in [-0.3, -0.25) is 4.79 Å². The summed E-state index contributed by atoms with van der Waals surface area (Å²) in [5.74, 6) is 0.459. The molecule has 33 heavy (non-hydrogen) atoms. The number of ether oxygens (including phenoxy) is 2. The molecule has 170 valence electrons. The minimum absolute atomic E-state index is 0.192. The number of nitrogens with zero attached hydrogens (tertiary/aromatic N) is 1. The van der Waals surface area contributed by atoms with Crippen LogP contribution in [0.15, 0.2) is 66.9 Å². The van der Waals surface area contributed by atoms with E-state index < -0.39 is 0 Å². The predicted octanol–water partition coefficient (Wildman–Crippen LogP) is 5.30. The molecule has 1 heterocycles. The summed E-state index contributed by atoms with van der Waals surface area (Å²) >= 11 is 0. The van der Waals surface area contributed by atoms with Crippen molar-refractivity contribution in [2.75, 3.05) is 6.61 Å². The van der Waals surface area contributed by atoms with Gasteiger partial charge in [0.15, 0.2) is 0 Å². The van der Waals surface area contributed by atoms with E-state index in [1.807, 2.05) is 51.2 Å². The number of fused-ring (bicyclic) bond motifs is 1. The second-order valence-corrected chi connectivity index (χ2v) is 8.29. The maximum absolute atomic E-state index is 12.0. The first kappa shape index (κ1) is 22.6. The van der Waals surface area contributed by atoms with Crippen LogP contribution in [0.4, 0.5) is 0 Å². The SMILES string of the molecule is CCOC(=O)Cc1ccc(C)cc1OCc1cc(-c2cccc(CN)c2)c2ccn(C)c2c1. The molecule has 0 fully saturated rings. The Kier molecular flexibility index (Phi) is 6.80. The molecule has 3 aromatic carbocycles. The number of carbonyl (C=O) groups excluding carboxylic acids is 1. The van der Waals surface area contributed by atoms with Crippen LogP contribution in [0.3, 0.4) is 0 Å². The molecule has 2 N–H and O–H groups in total. The molecule has 4 aromatic rings. The van der Waals surface area contributed by atoms with Gasteiger partial charge in [0.1, 0.15) is 12.4 Å². The van der Waals surface area contributed by atoms with Crippen molar-refractivity contribution in [3.63, 3.8) is 0 Å². The van der Waals surface area contributed by atoms with Crippen LogP contribution in [0.5, 0.6) is 5.75 Å². The fourth-order valence-electron chi connectivity index (χ4n) is 4.09. The standard InChI is InChI=1S/C28H30N2O3/c1-4-32-28(31)16-23-9-8-19(2)12-27(23)33-18-21-14-25(22-7-5-6-20(13-22)17-29)24-10-11-30(3)26(24)15-21/h5-15H,4,16-18,29H2,1-3H3. The van der Waals surface area contributed by atoms with E-state index in [2.05, 4.69) is 41.1 Å². The summed E-state index contributed by atoms with van der Waals surface area (Å²) in [6.07, 6.45) is 2.26. The highest BCUT2D eigenvalue weighted by Crippen LogP contribution is 2.32. The van der Waals surface area contributed by atoms with Gasteiger partial charge in [-0.05, 0) is 72.0 Å². The number of hydrogen-bond donors (Lipinski definition) is 1. The Balaban J connectivity index is 1.67. The largest absolute Gasteiger partial charge is 0.489 e. The monoisotopic (exact) mass is 442 g/mol. The average molecular weight is 443 g/mol. The molecular weight excluding hydrogens is 412 g/mol. The lowest BCUT2D eigenvalue weighted by Gasteiger charge is -2.14. The van der Waals surface area contributed by atoms with Crippen LogP contribution in [0, 0.1) is 6.92 Å². The highest BCUT2D eigenvalue weighted by molar-refractivity contribution is 5.96. The van der Waals surface area contributed by atoms with E-state index in [1.165, 1.54) is 5.39 Å². The minimum Gasteiger partial charge on any atom is -0.489 e. The smallest absolute Gasteiger partial charge is 0.310 e. The fraction of sp³-hybridized carbons (Fsp3) is 0.250. The molecule has 1 aromatic heterocycles. The molecule has 0 saturated heterocycles. The molecule has 0 aliphatic rings. The van der Waals surface area contributed by atoms with Crippen LogP contribution in [-0.4, -0.2) is 17.1 Å². The number of esters is 1. The number of hydrogen-bond acceptors (Lipinski definition) is 4. The van der Waals surface area contributed by atoms with Gasteiger partial charge in [-0.1, -0.05) is 30.3 Å². The quantitative estimate of drug-likeness (QED) is 0.376. The molecule has 0 radical (unpaired) electrons. The Morgan fingerprint density at radius 1 is 1.03 bits per heavy atom. The second-order valence-electron chi connectivity index (χ2n) is 8.29. The van der Waals surface area contributed by atoms with Crippen molar-refractivity contribution in [3.8, 4) is 16.9 Å². The molecule has 0 saturated carbocycles. The van der Waals surface area contributed by atoms with Crippen molar-refractivity contribution in [2.24, 2.45) is 12.8 Å². The first-order valence-corrected chi connectivity index (χ1v) is 11.2. The van der Waals surface area contributed by atoms with E-state index in [1.54, 1.807) is 0 Å². The average Bonchev–Trinajstić information content (AvgIpc) is 3.19. The molecule has 0 unspecified atom stereocenters. The van der Waals surface area contributed by atoms with Crippen molar-refractivity contribution < 1.29 is 14.3 Å². The van der Waals surface area contributed by atoms with Crippen LogP contribution < -0.4 is 10.5 Å². The zero-order valence-corrected chi connectivity index (χ0v) is 19.4. The lowest BCUT2D eigenvalue weighted by atomic mass is 9.97. The Labute approximate surface area is 194 Å². The van der Waals surface area contributed by atoms with Gasteiger partial charge in [0, 0.05) is 36.3 Å². The molecule has 0 amide bonds. The Morgan fingerprint density at radius 3 is 2.67 bits per heavy atom. The van der Waals surface area contributed by atoms with Gasteiger partial charge in [0.05, 0.1) is 13.0 Å². The number of benzene rings is 3. The molecule has 0 aliphatic heterocycles. The van der Waals surface area contributed by atoms with E-state index in [4.69, 9.17) is 15.2 Å². The van der Waals surface area contributed by atoms with Gasteiger partial charge in [-0.2, -0.15) is 0 Å². The van der Waals surface area contributed by atoms with Gasteiger partial charge in [0.25, 0.3) is 0 Å². The van der Waals surface area contributed by atoms with E-state index in [0.29, 0.717) is 25.5 Å². The molecular formula is C28H30N2O3. The van der Waals surface area contributed by atoms with Crippen LogP contribution in [-0.2, 0) is 36.2 Å². The Bertz CT molecular complexity index is 1290. The molecule has 0 spiro atoms. The van der Waals surface area contributed by atoms with Crippen molar-refractivity contribution in [1.29, 1.82) is 0 Å². The van der Waals surface area contributed by atoms with E-state index >= 15 is 0 Å². The normalized spacial score (nSPS) is 11.0. The van der Waals surface area contributed by atoms with Crippen LogP contribution in [0.2, 0.25) is 0 Å². The highest BCUT2D eigenvalue weighted by atomic mass is 16.5. The molecule has 5 nitrogen and oxygen atoms in total. The first-order chi connectivity index (χ1) is 16.0. The molecule has 5 heteroatoms. The summed E-state index contributed by atoms with van der Waals surface area (Å²) in [6.45, 7) is 5.09. The molecule has 0 aliphatic carbocycles. The summed E-state index contributed by atoms with van der Waals surface area (Å²) in [6, 6.07) is 20.7. The summed E-state index contributed by atoms with van der Waals surface area (Å²) in [4.78, 5) is 12.0. The number of aromatic nitrogens is 1. The molecule has 4 rings (SSSR count). The van der Waals surface area contributed by atoms with Crippen LogP contribution in [0.1, 0.15) is 29.2 Å². The second kappa shape index (κ2) is 9.92. The summed E-state index contributed by atoms with van der Waals surface area (Å²) in [7, 11) is 2.05. The zero-order valence-electron chi connectivity index (χ0n) is 19.4. The van der Waals surface area contributed by atoms with Gasteiger partial charge in [-0.15, -0.1) is 0 Å². The number of aryl methyl sites for hydroxylation is 2. The van der Waals surface area contributed by atoms with Gasteiger partial charge >= 0.3 is 5.97 Å². The third kappa shape index (κ3) is 5.10. The number of carbonyl (C=O) groups is 1. The summed E-state index contributed by atoms with van der Waals surface area (Å²) in [5.41, 5.74) is 13.4. The molecule has 0 atom stereocenters. The van der Waals surface area contributed by atoms with Crippen LogP contribution >= 0.6 is 0 Å². The van der Waals surface area contributed by atoms with Gasteiger partial charge in [0.2, 0.25) is 0 Å². The topological polar surface area (TPSA) is 66.5 Å². The third-order valence-electron chi connectivity index (χ3n) is 5.79. The summed E-state index contributed by atoms with van der Waals surface area (Å²) in [5, 5.41) is 1.19. The Morgan fingerprint density at radius 2 is 1.88 bits per heavy atom. The maximum Gasteiger partial charge on any atom is 0.310 e. The minimum atomic E-state index is -0.251. The van der Waals surface area contributed by atoms with Crippen LogP contribution in [0.25, 0.3) is 22.0 Å². The molecule has 0 bridgehead atoms. The number of nitrogens with two attached hydrogens (primary N) is 1. The fourth-order valence-corrected chi connectivity index (χ4v) is 4.09. The number of rotatable bonds is 8. The summed E-state index contributed by atoms with van der Waals surface area (Å²) < 4.78 is 13.5. The predicted molar refractivity (Wildman–Crippen MR) is 132 cm³/mol.